The molecule has 8 heteroatoms. The first-order valence-electron chi connectivity index (χ1n) is 7.74. The van der Waals surface area contributed by atoms with E-state index in [9.17, 15) is 8.42 Å². The molecule has 1 aliphatic heterocycles. The highest BCUT2D eigenvalue weighted by Gasteiger charge is 2.36. The Balaban J connectivity index is 1.65. The van der Waals surface area contributed by atoms with Gasteiger partial charge in [-0.25, -0.2) is 8.42 Å². The summed E-state index contributed by atoms with van der Waals surface area (Å²) in [5.74, 6) is 0.567. The SMILES string of the molecule is O=S(=O)(Cc1noc2ccccc12)N1CCSC1c1cccc(Cl)c1. The summed E-state index contributed by atoms with van der Waals surface area (Å²) < 4.78 is 32.8. The lowest BCUT2D eigenvalue weighted by molar-refractivity contribution is 0.427. The summed E-state index contributed by atoms with van der Waals surface area (Å²) in [7, 11) is -3.54. The first-order chi connectivity index (χ1) is 12.0. The number of aromatic nitrogens is 1. The Bertz CT molecular complexity index is 1020. The first-order valence-corrected chi connectivity index (χ1v) is 10.8. The molecule has 1 atom stereocenters. The van der Waals surface area contributed by atoms with Crippen molar-refractivity contribution in [3.63, 3.8) is 0 Å². The van der Waals surface area contributed by atoms with E-state index in [1.54, 1.807) is 23.9 Å². The van der Waals surface area contributed by atoms with Gasteiger partial charge in [-0.3, -0.25) is 0 Å². The Morgan fingerprint density at radius 1 is 1.24 bits per heavy atom. The zero-order valence-corrected chi connectivity index (χ0v) is 15.5. The van der Waals surface area contributed by atoms with E-state index in [0.29, 0.717) is 22.8 Å². The Labute approximate surface area is 155 Å². The Morgan fingerprint density at radius 2 is 2.08 bits per heavy atom. The molecule has 3 aromatic rings. The van der Waals surface area contributed by atoms with Gasteiger partial charge >= 0.3 is 0 Å². The number of hydrogen-bond donors (Lipinski definition) is 0. The number of rotatable bonds is 4. The van der Waals surface area contributed by atoms with Gasteiger partial charge in [-0.15, -0.1) is 11.8 Å². The second-order valence-corrected chi connectivity index (χ2v) is 9.32. The molecule has 1 fully saturated rings. The van der Waals surface area contributed by atoms with Gasteiger partial charge in [0.25, 0.3) is 0 Å². The number of halogens is 1. The van der Waals surface area contributed by atoms with Crippen molar-refractivity contribution in [3.05, 3.63) is 64.8 Å². The summed E-state index contributed by atoms with van der Waals surface area (Å²) in [4.78, 5) is 0. The Morgan fingerprint density at radius 3 is 2.92 bits per heavy atom. The van der Waals surface area contributed by atoms with Crippen molar-refractivity contribution < 1.29 is 12.9 Å². The van der Waals surface area contributed by atoms with Crippen LogP contribution >= 0.6 is 23.4 Å². The summed E-state index contributed by atoms with van der Waals surface area (Å²) in [6, 6.07) is 14.6. The molecule has 2 aromatic carbocycles. The average Bonchev–Trinajstić information content (AvgIpc) is 3.23. The van der Waals surface area contributed by atoms with Crippen LogP contribution in [0.2, 0.25) is 5.02 Å². The molecule has 2 heterocycles. The number of sulfonamides is 1. The topological polar surface area (TPSA) is 63.4 Å². The monoisotopic (exact) mass is 394 g/mol. The minimum absolute atomic E-state index is 0.179. The number of thioether (sulfide) groups is 1. The fraction of sp³-hybridized carbons (Fsp3) is 0.235. The molecular formula is C17H15ClN2O3S2. The zero-order valence-electron chi connectivity index (χ0n) is 13.1. The smallest absolute Gasteiger partial charge is 0.221 e. The third kappa shape index (κ3) is 3.29. The maximum absolute atomic E-state index is 13.0. The van der Waals surface area contributed by atoms with E-state index in [2.05, 4.69) is 5.16 Å². The highest BCUT2D eigenvalue weighted by atomic mass is 35.5. The van der Waals surface area contributed by atoms with Gasteiger partial charge in [0.1, 0.15) is 11.4 Å². The molecule has 0 radical (unpaired) electrons. The molecule has 5 nitrogen and oxygen atoms in total. The van der Waals surface area contributed by atoms with Crippen molar-refractivity contribution >= 4 is 44.4 Å². The molecular weight excluding hydrogens is 380 g/mol. The molecule has 4 rings (SSSR count). The lowest BCUT2D eigenvalue weighted by Crippen LogP contribution is -2.31. The third-order valence-corrected chi connectivity index (χ3v) is 7.49. The molecule has 130 valence electrons. The molecule has 0 aliphatic carbocycles. The molecule has 1 saturated heterocycles. The van der Waals surface area contributed by atoms with Crippen LogP contribution in [0.15, 0.2) is 53.1 Å². The van der Waals surface area contributed by atoms with Gasteiger partial charge in [-0.05, 0) is 29.8 Å². The van der Waals surface area contributed by atoms with Crippen molar-refractivity contribution in [3.8, 4) is 0 Å². The Hall–Kier alpha value is -1.54. The van der Waals surface area contributed by atoms with Crippen LogP contribution in [-0.2, 0) is 15.8 Å². The fourth-order valence-corrected chi connectivity index (χ4v) is 6.49. The van der Waals surface area contributed by atoms with Crippen LogP contribution in [0.25, 0.3) is 11.0 Å². The summed E-state index contributed by atoms with van der Waals surface area (Å²) >= 11 is 7.67. The van der Waals surface area contributed by atoms with Crippen LogP contribution in [0.5, 0.6) is 0 Å². The Kier molecular flexibility index (Phi) is 4.49. The summed E-state index contributed by atoms with van der Waals surface area (Å²) in [6.45, 7) is 0.472. The minimum atomic E-state index is -3.54. The predicted molar refractivity (Wildman–Crippen MR) is 100.0 cm³/mol. The van der Waals surface area contributed by atoms with Crippen molar-refractivity contribution in [1.29, 1.82) is 0 Å². The molecule has 1 aromatic heterocycles. The van der Waals surface area contributed by atoms with E-state index in [4.69, 9.17) is 16.1 Å². The van der Waals surface area contributed by atoms with Gasteiger partial charge in [-0.2, -0.15) is 4.31 Å². The normalized spacial score (nSPS) is 18.8. The number of hydrogen-bond acceptors (Lipinski definition) is 5. The number of fused-ring (bicyclic) bond motifs is 1. The maximum Gasteiger partial charge on any atom is 0.221 e. The molecule has 0 spiro atoms. The average molecular weight is 395 g/mol. The molecule has 0 bridgehead atoms. The van der Waals surface area contributed by atoms with Crippen molar-refractivity contribution in [1.82, 2.24) is 9.46 Å². The van der Waals surface area contributed by atoms with Crippen molar-refractivity contribution in [2.24, 2.45) is 0 Å². The summed E-state index contributed by atoms with van der Waals surface area (Å²) in [5, 5.41) is 5.03. The quantitative estimate of drug-likeness (QED) is 0.667. The summed E-state index contributed by atoms with van der Waals surface area (Å²) in [5.41, 5.74) is 1.93. The number of para-hydroxylation sites is 1. The predicted octanol–water partition coefficient (Wildman–Crippen LogP) is 4.06. The van der Waals surface area contributed by atoms with Crippen molar-refractivity contribution in [2.45, 2.75) is 11.1 Å². The van der Waals surface area contributed by atoms with E-state index >= 15 is 0 Å². The van der Waals surface area contributed by atoms with Crippen LogP contribution in [-0.4, -0.2) is 30.2 Å². The van der Waals surface area contributed by atoms with Crippen molar-refractivity contribution in [2.75, 3.05) is 12.3 Å². The molecule has 0 N–H and O–H groups in total. The summed E-state index contributed by atoms with van der Waals surface area (Å²) in [6.07, 6.45) is 0. The molecule has 0 amide bonds. The maximum atomic E-state index is 13.0. The molecule has 1 aliphatic rings. The highest BCUT2D eigenvalue weighted by molar-refractivity contribution is 8.00. The van der Waals surface area contributed by atoms with E-state index in [1.807, 2.05) is 36.4 Å². The first kappa shape index (κ1) is 16.9. The molecule has 0 saturated carbocycles. The van der Waals surface area contributed by atoms with Gasteiger partial charge in [0.05, 0.1) is 5.37 Å². The molecule has 1 unspecified atom stereocenters. The van der Waals surface area contributed by atoms with E-state index in [-0.39, 0.29) is 11.1 Å². The highest BCUT2D eigenvalue weighted by Crippen LogP contribution is 2.41. The standard InChI is InChI=1S/C17H15ClN2O3S2/c18-13-5-3-4-12(10-13)17-20(8-9-24-17)25(21,22)11-15-14-6-1-2-7-16(14)23-19-15/h1-7,10,17H,8-9,11H2. The molecule has 25 heavy (non-hydrogen) atoms. The minimum Gasteiger partial charge on any atom is -0.356 e. The van der Waals surface area contributed by atoms with Crippen LogP contribution in [0, 0.1) is 0 Å². The van der Waals surface area contributed by atoms with E-state index in [1.165, 1.54) is 4.31 Å². The van der Waals surface area contributed by atoms with Crippen LogP contribution in [0.3, 0.4) is 0 Å². The van der Waals surface area contributed by atoms with Gasteiger partial charge in [0, 0.05) is 22.7 Å². The lowest BCUT2D eigenvalue weighted by Gasteiger charge is -2.23. The van der Waals surface area contributed by atoms with Gasteiger partial charge in [0.15, 0.2) is 5.58 Å². The number of nitrogens with zero attached hydrogens (tertiary/aromatic N) is 2. The van der Waals surface area contributed by atoms with Crippen LogP contribution < -0.4 is 0 Å². The lowest BCUT2D eigenvalue weighted by atomic mass is 10.2. The second kappa shape index (κ2) is 6.64. The second-order valence-electron chi connectivity index (χ2n) is 5.77. The van der Waals surface area contributed by atoms with Gasteiger partial charge < -0.3 is 4.52 Å². The van der Waals surface area contributed by atoms with Gasteiger partial charge in [-0.1, -0.05) is 41.0 Å². The van der Waals surface area contributed by atoms with E-state index < -0.39 is 10.0 Å². The third-order valence-electron chi connectivity index (χ3n) is 4.11. The fourth-order valence-electron chi connectivity index (χ4n) is 2.96. The largest absolute Gasteiger partial charge is 0.356 e. The number of benzene rings is 2. The van der Waals surface area contributed by atoms with Gasteiger partial charge in [0.2, 0.25) is 10.0 Å². The van der Waals surface area contributed by atoms with E-state index in [0.717, 1.165) is 16.7 Å². The van der Waals surface area contributed by atoms with Crippen LogP contribution in [0.1, 0.15) is 16.6 Å². The van der Waals surface area contributed by atoms with Crippen LogP contribution in [0.4, 0.5) is 0 Å². The zero-order chi connectivity index (χ0) is 17.4.